The standard InChI is InChI=1S/C22H19ClFN3O3/c23-15-1-7-18(8-2-15)30-19-9-12-26(13-10-19)22(29)21-20(28)11-14-27(25-21)17-5-3-16(24)4-6-17/h1-8,11,14,19H,9-10,12-13H2. The molecule has 1 aliphatic rings. The molecule has 1 fully saturated rings. The van der Waals surface area contributed by atoms with Gasteiger partial charge in [0.2, 0.25) is 5.43 Å². The van der Waals surface area contributed by atoms with Crippen LogP contribution in [0.3, 0.4) is 0 Å². The van der Waals surface area contributed by atoms with Gasteiger partial charge in [0.05, 0.1) is 5.69 Å². The molecule has 30 heavy (non-hydrogen) atoms. The highest BCUT2D eigenvalue weighted by Crippen LogP contribution is 2.21. The lowest BCUT2D eigenvalue weighted by Crippen LogP contribution is -2.43. The van der Waals surface area contributed by atoms with Crippen LogP contribution in [0, 0.1) is 5.82 Å². The number of halogens is 2. The minimum absolute atomic E-state index is 0.0187. The van der Waals surface area contributed by atoms with Crippen molar-refractivity contribution < 1.29 is 13.9 Å². The third kappa shape index (κ3) is 4.52. The second kappa shape index (κ2) is 8.67. The van der Waals surface area contributed by atoms with E-state index in [9.17, 15) is 14.0 Å². The third-order valence-electron chi connectivity index (χ3n) is 4.95. The van der Waals surface area contributed by atoms with Crippen molar-refractivity contribution in [1.82, 2.24) is 14.7 Å². The number of rotatable bonds is 4. The summed E-state index contributed by atoms with van der Waals surface area (Å²) in [5, 5.41) is 4.83. The van der Waals surface area contributed by atoms with E-state index in [1.165, 1.54) is 41.2 Å². The van der Waals surface area contributed by atoms with Crippen molar-refractivity contribution in [2.45, 2.75) is 18.9 Å². The quantitative estimate of drug-likeness (QED) is 0.636. The number of nitrogens with zero attached hydrogens (tertiary/aromatic N) is 3. The summed E-state index contributed by atoms with van der Waals surface area (Å²) in [6.07, 6.45) is 2.73. The Morgan fingerprint density at radius 3 is 2.37 bits per heavy atom. The van der Waals surface area contributed by atoms with Gasteiger partial charge in [-0.15, -0.1) is 0 Å². The number of hydrogen-bond acceptors (Lipinski definition) is 4. The van der Waals surface area contributed by atoms with Crippen LogP contribution in [0.1, 0.15) is 23.3 Å². The zero-order chi connectivity index (χ0) is 21.1. The topological polar surface area (TPSA) is 64.4 Å². The molecule has 0 radical (unpaired) electrons. The molecule has 0 aliphatic carbocycles. The molecular weight excluding hydrogens is 409 g/mol. The summed E-state index contributed by atoms with van der Waals surface area (Å²) in [6.45, 7) is 0.924. The average Bonchev–Trinajstić information content (AvgIpc) is 2.76. The van der Waals surface area contributed by atoms with E-state index in [0.29, 0.717) is 36.6 Å². The van der Waals surface area contributed by atoms with Crippen LogP contribution in [0.25, 0.3) is 5.69 Å². The van der Waals surface area contributed by atoms with Crippen molar-refractivity contribution in [2.75, 3.05) is 13.1 Å². The summed E-state index contributed by atoms with van der Waals surface area (Å²) in [5.74, 6) is -0.0581. The van der Waals surface area contributed by atoms with Gasteiger partial charge >= 0.3 is 0 Å². The first kappa shape index (κ1) is 20.1. The number of carbonyl (C=O) groups excluding carboxylic acids is 1. The van der Waals surface area contributed by atoms with Crippen LogP contribution in [0.5, 0.6) is 5.75 Å². The number of amides is 1. The Bertz CT molecular complexity index is 1090. The van der Waals surface area contributed by atoms with Crippen LogP contribution in [-0.4, -0.2) is 39.8 Å². The summed E-state index contributed by atoms with van der Waals surface area (Å²) >= 11 is 5.89. The minimum Gasteiger partial charge on any atom is -0.490 e. The average molecular weight is 428 g/mol. The predicted octanol–water partition coefficient (Wildman–Crippen LogP) is 3.71. The lowest BCUT2D eigenvalue weighted by atomic mass is 10.1. The van der Waals surface area contributed by atoms with E-state index in [4.69, 9.17) is 16.3 Å². The van der Waals surface area contributed by atoms with Gasteiger partial charge in [-0.05, 0) is 48.5 Å². The monoisotopic (exact) mass is 427 g/mol. The summed E-state index contributed by atoms with van der Waals surface area (Å²) in [4.78, 5) is 26.8. The molecule has 1 aromatic heterocycles. The van der Waals surface area contributed by atoms with Gasteiger partial charge < -0.3 is 9.64 Å². The number of carbonyl (C=O) groups is 1. The Kier molecular flexibility index (Phi) is 5.81. The van der Waals surface area contributed by atoms with Crippen LogP contribution in [0.15, 0.2) is 65.6 Å². The van der Waals surface area contributed by atoms with Gasteiger partial charge in [0, 0.05) is 43.2 Å². The fourth-order valence-corrected chi connectivity index (χ4v) is 3.45. The largest absolute Gasteiger partial charge is 0.490 e. The normalized spacial score (nSPS) is 14.5. The second-order valence-corrected chi connectivity index (χ2v) is 7.45. The van der Waals surface area contributed by atoms with Crippen molar-refractivity contribution in [2.24, 2.45) is 0 Å². The Morgan fingerprint density at radius 2 is 1.70 bits per heavy atom. The Morgan fingerprint density at radius 1 is 1.03 bits per heavy atom. The van der Waals surface area contributed by atoms with E-state index in [1.807, 2.05) is 12.1 Å². The van der Waals surface area contributed by atoms with Gasteiger partial charge in [0.25, 0.3) is 5.91 Å². The number of likely N-dealkylation sites (tertiary alicyclic amines) is 1. The lowest BCUT2D eigenvalue weighted by molar-refractivity contribution is 0.0587. The predicted molar refractivity (Wildman–Crippen MR) is 111 cm³/mol. The van der Waals surface area contributed by atoms with Crippen molar-refractivity contribution in [3.8, 4) is 11.4 Å². The fourth-order valence-electron chi connectivity index (χ4n) is 3.33. The first-order chi connectivity index (χ1) is 14.5. The number of ether oxygens (including phenoxy) is 1. The fraction of sp³-hybridized carbons (Fsp3) is 0.227. The highest BCUT2D eigenvalue weighted by molar-refractivity contribution is 6.30. The highest BCUT2D eigenvalue weighted by atomic mass is 35.5. The summed E-state index contributed by atoms with van der Waals surface area (Å²) < 4.78 is 20.5. The highest BCUT2D eigenvalue weighted by Gasteiger charge is 2.27. The number of hydrogen-bond donors (Lipinski definition) is 0. The molecule has 1 amide bonds. The van der Waals surface area contributed by atoms with Gasteiger partial charge in [0.15, 0.2) is 5.69 Å². The zero-order valence-corrected chi connectivity index (χ0v) is 16.8. The summed E-state index contributed by atoms with van der Waals surface area (Å²) in [7, 11) is 0. The van der Waals surface area contributed by atoms with Gasteiger partial charge in [-0.2, -0.15) is 5.10 Å². The molecule has 154 valence electrons. The number of piperidine rings is 1. The van der Waals surface area contributed by atoms with E-state index in [-0.39, 0.29) is 17.6 Å². The smallest absolute Gasteiger partial charge is 0.278 e. The van der Waals surface area contributed by atoms with Gasteiger partial charge in [0.1, 0.15) is 17.7 Å². The molecule has 2 heterocycles. The molecule has 0 atom stereocenters. The molecule has 0 unspecified atom stereocenters. The molecule has 8 heteroatoms. The van der Waals surface area contributed by atoms with E-state index in [0.717, 1.165) is 5.75 Å². The Hall–Kier alpha value is -3.19. The van der Waals surface area contributed by atoms with Crippen molar-refractivity contribution in [1.29, 1.82) is 0 Å². The van der Waals surface area contributed by atoms with E-state index < -0.39 is 11.3 Å². The van der Waals surface area contributed by atoms with Gasteiger partial charge in [-0.3, -0.25) is 9.59 Å². The molecule has 0 N–H and O–H groups in total. The molecule has 4 rings (SSSR count). The molecule has 3 aromatic rings. The molecule has 0 saturated carbocycles. The van der Waals surface area contributed by atoms with E-state index in [1.54, 1.807) is 17.0 Å². The summed E-state index contributed by atoms with van der Waals surface area (Å²) in [6, 6.07) is 14.1. The maximum atomic E-state index is 13.1. The molecular formula is C22H19ClFN3O3. The van der Waals surface area contributed by atoms with Crippen LogP contribution < -0.4 is 10.2 Å². The molecule has 0 bridgehead atoms. The third-order valence-corrected chi connectivity index (χ3v) is 5.20. The van der Waals surface area contributed by atoms with Gasteiger partial charge in [-0.25, -0.2) is 9.07 Å². The van der Waals surface area contributed by atoms with Crippen molar-refractivity contribution in [3.05, 3.63) is 87.6 Å². The zero-order valence-electron chi connectivity index (χ0n) is 16.0. The first-order valence-electron chi connectivity index (χ1n) is 9.57. The molecule has 2 aromatic carbocycles. The second-order valence-electron chi connectivity index (χ2n) is 7.01. The minimum atomic E-state index is -0.446. The molecule has 6 nitrogen and oxygen atoms in total. The van der Waals surface area contributed by atoms with Crippen LogP contribution in [0.2, 0.25) is 5.02 Å². The van der Waals surface area contributed by atoms with Crippen LogP contribution in [-0.2, 0) is 0 Å². The maximum absolute atomic E-state index is 13.1. The first-order valence-corrected chi connectivity index (χ1v) is 9.95. The van der Waals surface area contributed by atoms with Crippen LogP contribution in [0.4, 0.5) is 4.39 Å². The van der Waals surface area contributed by atoms with Gasteiger partial charge in [-0.1, -0.05) is 11.6 Å². The van der Waals surface area contributed by atoms with Crippen LogP contribution >= 0.6 is 11.6 Å². The van der Waals surface area contributed by atoms with E-state index >= 15 is 0 Å². The molecule has 0 spiro atoms. The number of aromatic nitrogens is 2. The summed E-state index contributed by atoms with van der Waals surface area (Å²) in [5.41, 5.74) is -0.0442. The lowest BCUT2D eigenvalue weighted by Gasteiger charge is -2.32. The number of benzene rings is 2. The van der Waals surface area contributed by atoms with Crippen molar-refractivity contribution >= 4 is 17.5 Å². The van der Waals surface area contributed by atoms with E-state index in [2.05, 4.69) is 5.10 Å². The Labute approximate surface area is 177 Å². The molecule has 1 aliphatic heterocycles. The Balaban J connectivity index is 1.43. The SMILES string of the molecule is O=C(c1nn(-c2ccc(F)cc2)ccc1=O)N1CCC(Oc2ccc(Cl)cc2)CC1. The van der Waals surface area contributed by atoms with Crippen molar-refractivity contribution in [3.63, 3.8) is 0 Å². The maximum Gasteiger partial charge on any atom is 0.278 e. The molecule has 1 saturated heterocycles.